The summed E-state index contributed by atoms with van der Waals surface area (Å²) in [6.07, 6.45) is 1.54. The van der Waals surface area contributed by atoms with Gasteiger partial charge in [-0.3, -0.25) is 0 Å². The smallest absolute Gasteiger partial charge is 0.0814 e. The van der Waals surface area contributed by atoms with E-state index in [1.165, 1.54) is 5.56 Å². The lowest BCUT2D eigenvalue weighted by molar-refractivity contribution is 0.0457. The van der Waals surface area contributed by atoms with Crippen molar-refractivity contribution in [1.29, 1.82) is 0 Å². The Morgan fingerprint density at radius 1 is 1.31 bits per heavy atom. The minimum atomic E-state index is -0.598. The Bertz CT molecular complexity index is 348. The topological polar surface area (TPSA) is 32.3 Å². The van der Waals surface area contributed by atoms with Crippen molar-refractivity contribution in [3.8, 4) is 0 Å². The highest BCUT2D eigenvalue weighted by atomic mass is 79.9. The van der Waals surface area contributed by atoms with E-state index in [1.54, 1.807) is 0 Å². The fraction of sp³-hybridized carbons (Fsp3) is 0.538. The van der Waals surface area contributed by atoms with Crippen LogP contribution in [0.4, 0.5) is 5.69 Å². The average Bonchev–Trinajstić information content (AvgIpc) is 2.27. The van der Waals surface area contributed by atoms with Crippen LogP contribution in [-0.2, 0) is 0 Å². The second kappa shape index (κ2) is 5.69. The summed E-state index contributed by atoms with van der Waals surface area (Å²) in [5.74, 6) is 0. The van der Waals surface area contributed by atoms with Crippen molar-refractivity contribution in [2.75, 3.05) is 11.9 Å². The van der Waals surface area contributed by atoms with Gasteiger partial charge in [-0.2, -0.15) is 0 Å². The van der Waals surface area contributed by atoms with Crippen molar-refractivity contribution in [1.82, 2.24) is 0 Å². The molecular formula is C13H20BrNO. The predicted octanol–water partition coefficient (Wildman–Crippen LogP) is 3.72. The molecule has 0 heterocycles. The standard InChI is InChI=1S/C13H20BrNO/c1-4-13(16,5-2)9-15-12-7-6-11(14)8-10(12)3/h6-8,15-16H,4-5,9H2,1-3H3. The number of hydrogen-bond donors (Lipinski definition) is 2. The third kappa shape index (κ3) is 3.49. The highest BCUT2D eigenvalue weighted by molar-refractivity contribution is 9.10. The fourth-order valence-corrected chi connectivity index (χ4v) is 2.06. The molecule has 0 amide bonds. The summed E-state index contributed by atoms with van der Waals surface area (Å²) in [6.45, 7) is 6.69. The molecule has 0 spiro atoms. The van der Waals surface area contributed by atoms with Gasteiger partial charge in [0.15, 0.2) is 0 Å². The van der Waals surface area contributed by atoms with Crippen molar-refractivity contribution in [2.24, 2.45) is 0 Å². The zero-order chi connectivity index (χ0) is 12.2. The number of hydrogen-bond acceptors (Lipinski definition) is 2. The number of halogens is 1. The zero-order valence-electron chi connectivity index (χ0n) is 10.2. The van der Waals surface area contributed by atoms with Crippen LogP contribution in [0.1, 0.15) is 32.3 Å². The predicted molar refractivity (Wildman–Crippen MR) is 72.9 cm³/mol. The molecule has 1 aromatic rings. The first-order valence-electron chi connectivity index (χ1n) is 5.73. The Labute approximate surface area is 106 Å². The monoisotopic (exact) mass is 285 g/mol. The van der Waals surface area contributed by atoms with Crippen LogP contribution < -0.4 is 5.32 Å². The molecule has 0 aliphatic heterocycles. The summed E-state index contributed by atoms with van der Waals surface area (Å²) in [5, 5.41) is 13.5. The first-order valence-corrected chi connectivity index (χ1v) is 6.52. The summed E-state index contributed by atoms with van der Waals surface area (Å²) >= 11 is 3.44. The molecule has 0 fully saturated rings. The maximum atomic E-state index is 10.2. The van der Waals surface area contributed by atoms with Gasteiger partial charge in [-0.1, -0.05) is 29.8 Å². The van der Waals surface area contributed by atoms with Crippen molar-refractivity contribution >= 4 is 21.6 Å². The number of rotatable bonds is 5. The fourth-order valence-electron chi connectivity index (χ4n) is 1.59. The van der Waals surface area contributed by atoms with E-state index in [0.717, 1.165) is 23.0 Å². The van der Waals surface area contributed by atoms with E-state index >= 15 is 0 Å². The zero-order valence-corrected chi connectivity index (χ0v) is 11.8. The molecule has 0 atom stereocenters. The lowest BCUT2D eigenvalue weighted by Gasteiger charge is -2.26. The van der Waals surface area contributed by atoms with Crippen LogP contribution in [0.3, 0.4) is 0 Å². The summed E-state index contributed by atoms with van der Waals surface area (Å²) < 4.78 is 1.08. The van der Waals surface area contributed by atoms with Crippen LogP contribution in [0.2, 0.25) is 0 Å². The molecule has 0 aromatic heterocycles. The van der Waals surface area contributed by atoms with Gasteiger partial charge >= 0.3 is 0 Å². The van der Waals surface area contributed by atoms with Crippen LogP contribution in [-0.4, -0.2) is 17.3 Å². The summed E-state index contributed by atoms with van der Waals surface area (Å²) in [5.41, 5.74) is 1.67. The Morgan fingerprint density at radius 3 is 2.44 bits per heavy atom. The van der Waals surface area contributed by atoms with Crippen LogP contribution in [0.15, 0.2) is 22.7 Å². The third-order valence-electron chi connectivity index (χ3n) is 3.11. The van der Waals surface area contributed by atoms with Gasteiger partial charge in [-0.05, 0) is 43.5 Å². The maximum absolute atomic E-state index is 10.2. The highest BCUT2D eigenvalue weighted by Crippen LogP contribution is 2.22. The van der Waals surface area contributed by atoms with Crippen molar-refractivity contribution in [3.63, 3.8) is 0 Å². The molecule has 3 heteroatoms. The van der Waals surface area contributed by atoms with Crippen LogP contribution in [0, 0.1) is 6.92 Å². The van der Waals surface area contributed by atoms with Crippen LogP contribution >= 0.6 is 15.9 Å². The van der Waals surface area contributed by atoms with Gasteiger partial charge in [0.1, 0.15) is 0 Å². The molecule has 90 valence electrons. The molecule has 0 aliphatic carbocycles. The Balaban J connectivity index is 2.67. The number of benzene rings is 1. The lowest BCUT2D eigenvalue weighted by Crippen LogP contribution is -2.35. The number of aryl methyl sites for hydroxylation is 1. The Morgan fingerprint density at radius 2 is 1.94 bits per heavy atom. The van der Waals surface area contributed by atoms with E-state index in [2.05, 4.69) is 34.2 Å². The Hall–Kier alpha value is -0.540. The third-order valence-corrected chi connectivity index (χ3v) is 3.61. The second-order valence-corrected chi connectivity index (χ2v) is 5.16. The molecule has 0 bridgehead atoms. The van der Waals surface area contributed by atoms with Gasteiger partial charge in [0, 0.05) is 16.7 Å². The van der Waals surface area contributed by atoms with Crippen LogP contribution in [0.25, 0.3) is 0 Å². The number of aliphatic hydroxyl groups is 1. The van der Waals surface area contributed by atoms with E-state index in [9.17, 15) is 5.11 Å². The maximum Gasteiger partial charge on any atom is 0.0814 e. The van der Waals surface area contributed by atoms with E-state index in [0.29, 0.717) is 6.54 Å². The number of nitrogens with one attached hydrogen (secondary N) is 1. The van der Waals surface area contributed by atoms with Gasteiger partial charge in [0.25, 0.3) is 0 Å². The molecule has 0 unspecified atom stereocenters. The molecule has 16 heavy (non-hydrogen) atoms. The molecule has 0 radical (unpaired) electrons. The van der Waals surface area contributed by atoms with Crippen molar-refractivity contribution < 1.29 is 5.11 Å². The summed E-state index contributed by atoms with van der Waals surface area (Å²) in [7, 11) is 0. The Kier molecular flexibility index (Phi) is 4.81. The molecule has 1 rings (SSSR count). The first-order chi connectivity index (χ1) is 7.50. The summed E-state index contributed by atoms with van der Waals surface area (Å²) in [4.78, 5) is 0. The van der Waals surface area contributed by atoms with E-state index in [1.807, 2.05) is 26.0 Å². The quantitative estimate of drug-likeness (QED) is 0.864. The van der Waals surface area contributed by atoms with Crippen LogP contribution in [0.5, 0.6) is 0 Å². The lowest BCUT2D eigenvalue weighted by atomic mass is 9.97. The highest BCUT2D eigenvalue weighted by Gasteiger charge is 2.21. The average molecular weight is 286 g/mol. The number of anilines is 1. The van der Waals surface area contributed by atoms with Gasteiger partial charge < -0.3 is 10.4 Å². The van der Waals surface area contributed by atoms with E-state index in [4.69, 9.17) is 0 Å². The molecule has 0 saturated heterocycles. The van der Waals surface area contributed by atoms with Gasteiger partial charge in [-0.15, -0.1) is 0 Å². The minimum absolute atomic E-state index is 0.598. The van der Waals surface area contributed by atoms with Crippen molar-refractivity contribution in [2.45, 2.75) is 39.2 Å². The SMILES string of the molecule is CCC(O)(CC)CNc1ccc(Br)cc1C. The van der Waals surface area contributed by atoms with Gasteiger partial charge in [0.05, 0.1) is 5.60 Å². The molecule has 0 aliphatic rings. The largest absolute Gasteiger partial charge is 0.388 e. The first kappa shape index (κ1) is 13.5. The van der Waals surface area contributed by atoms with Gasteiger partial charge in [0.2, 0.25) is 0 Å². The molecule has 0 saturated carbocycles. The van der Waals surface area contributed by atoms with Crippen molar-refractivity contribution in [3.05, 3.63) is 28.2 Å². The molecule has 2 N–H and O–H groups in total. The van der Waals surface area contributed by atoms with E-state index < -0.39 is 5.60 Å². The van der Waals surface area contributed by atoms with Gasteiger partial charge in [-0.25, -0.2) is 0 Å². The molecule has 2 nitrogen and oxygen atoms in total. The molecular weight excluding hydrogens is 266 g/mol. The van der Waals surface area contributed by atoms with E-state index in [-0.39, 0.29) is 0 Å². The molecule has 1 aromatic carbocycles. The normalized spacial score (nSPS) is 11.6. The summed E-state index contributed by atoms with van der Waals surface area (Å²) in [6, 6.07) is 6.11. The minimum Gasteiger partial charge on any atom is -0.388 e. The second-order valence-electron chi connectivity index (χ2n) is 4.24.